The van der Waals surface area contributed by atoms with Crippen molar-refractivity contribution in [2.24, 2.45) is 0 Å². The van der Waals surface area contributed by atoms with Gasteiger partial charge in [0.25, 0.3) is 0 Å². The normalized spacial score (nSPS) is 11.4. The molecule has 2 N–H and O–H groups in total. The average Bonchev–Trinajstić information content (AvgIpc) is 2.38. The van der Waals surface area contributed by atoms with E-state index in [9.17, 15) is 0 Å². The van der Waals surface area contributed by atoms with E-state index in [2.05, 4.69) is 41.4 Å². The van der Waals surface area contributed by atoms with E-state index >= 15 is 0 Å². The van der Waals surface area contributed by atoms with Crippen LogP contribution >= 0.6 is 23.2 Å². The van der Waals surface area contributed by atoms with E-state index in [4.69, 9.17) is 23.2 Å². The molecule has 1 aromatic carbocycles. The minimum atomic E-state index is -0.0467. The molecule has 0 amide bonds. The molecule has 0 fully saturated rings. The maximum absolute atomic E-state index is 6.18. The van der Waals surface area contributed by atoms with Gasteiger partial charge in [0.2, 0.25) is 5.95 Å². The maximum Gasteiger partial charge on any atom is 0.224 e. The Balaban J connectivity index is 2.00. The van der Waals surface area contributed by atoms with Crippen molar-refractivity contribution in [2.75, 3.05) is 17.2 Å². The Bertz CT molecular complexity index is 681. The lowest BCUT2D eigenvalue weighted by molar-refractivity contribution is 0.630. The van der Waals surface area contributed by atoms with Crippen LogP contribution in [-0.2, 0) is 6.42 Å². The molecule has 0 radical (unpaired) electrons. The Morgan fingerprint density at radius 2 is 1.83 bits per heavy atom. The summed E-state index contributed by atoms with van der Waals surface area (Å²) in [7, 11) is 0. The number of benzene rings is 1. The summed E-state index contributed by atoms with van der Waals surface area (Å²) in [6.45, 7) is 8.94. The smallest absolute Gasteiger partial charge is 0.224 e. The highest BCUT2D eigenvalue weighted by Crippen LogP contribution is 2.21. The Hall–Kier alpha value is -1.52. The van der Waals surface area contributed by atoms with Crippen LogP contribution in [0.3, 0.4) is 0 Å². The van der Waals surface area contributed by atoms with E-state index in [0.29, 0.717) is 22.5 Å². The summed E-state index contributed by atoms with van der Waals surface area (Å²) >= 11 is 12.1. The van der Waals surface area contributed by atoms with E-state index in [1.54, 1.807) is 6.07 Å². The fraction of sp³-hybridized carbons (Fsp3) is 0.412. The van der Waals surface area contributed by atoms with Crippen LogP contribution in [0.5, 0.6) is 0 Å². The Kier molecular flexibility index (Phi) is 5.71. The molecule has 0 aliphatic carbocycles. The molecule has 1 heterocycles. The number of hydrogen-bond acceptors (Lipinski definition) is 4. The van der Waals surface area contributed by atoms with E-state index < -0.39 is 0 Å². The van der Waals surface area contributed by atoms with Gasteiger partial charge in [-0.25, -0.2) is 4.98 Å². The number of aryl methyl sites for hydroxylation is 1. The van der Waals surface area contributed by atoms with Crippen LogP contribution in [0.15, 0.2) is 24.3 Å². The fourth-order valence-corrected chi connectivity index (χ4v) is 2.63. The molecule has 124 valence electrons. The largest absolute Gasteiger partial charge is 0.365 e. The lowest BCUT2D eigenvalue weighted by Gasteiger charge is -2.21. The van der Waals surface area contributed by atoms with Gasteiger partial charge in [-0.3, -0.25) is 0 Å². The number of nitrogens with one attached hydrogen (secondary N) is 2. The van der Waals surface area contributed by atoms with Gasteiger partial charge in [0.1, 0.15) is 5.82 Å². The zero-order valence-electron chi connectivity index (χ0n) is 13.9. The molecule has 0 bridgehead atoms. The molecule has 4 nitrogen and oxygen atoms in total. The summed E-state index contributed by atoms with van der Waals surface area (Å²) in [5, 5.41) is 7.93. The second-order valence-corrected chi connectivity index (χ2v) is 7.35. The van der Waals surface area contributed by atoms with Gasteiger partial charge < -0.3 is 10.6 Å². The Morgan fingerprint density at radius 3 is 2.48 bits per heavy atom. The van der Waals surface area contributed by atoms with Gasteiger partial charge in [0.05, 0.1) is 0 Å². The highest BCUT2D eigenvalue weighted by molar-refractivity contribution is 6.35. The van der Waals surface area contributed by atoms with Crippen molar-refractivity contribution in [1.29, 1.82) is 0 Å². The summed E-state index contributed by atoms with van der Waals surface area (Å²) in [4.78, 5) is 8.91. The lowest BCUT2D eigenvalue weighted by atomic mass is 10.1. The van der Waals surface area contributed by atoms with E-state index in [1.165, 1.54) is 0 Å². The number of nitrogens with zero attached hydrogens (tertiary/aromatic N) is 2. The van der Waals surface area contributed by atoms with Crippen LogP contribution in [0.4, 0.5) is 11.8 Å². The predicted octanol–water partition coefficient (Wildman–Crippen LogP) is 4.96. The van der Waals surface area contributed by atoms with Crippen LogP contribution in [0.1, 0.15) is 32.0 Å². The SMILES string of the molecule is Cc1cc(NC(C)(C)C)nc(NCCc2ccc(Cl)cc2Cl)n1. The molecule has 23 heavy (non-hydrogen) atoms. The molecule has 0 saturated carbocycles. The highest BCUT2D eigenvalue weighted by Gasteiger charge is 2.11. The van der Waals surface area contributed by atoms with Crippen molar-refractivity contribution in [3.63, 3.8) is 0 Å². The van der Waals surface area contributed by atoms with Crippen molar-refractivity contribution >= 4 is 35.0 Å². The molecule has 2 rings (SSSR count). The maximum atomic E-state index is 6.18. The number of aromatic nitrogens is 2. The molecule has 2 aromatic rings. The predicted molar refractivity (Wildman–Crippen MR) is 98.8 cm³/mol. The summed E-state index contributed by atoms with van der Waals surface area (Å²) in [6, 6.07) is 7.48. The molecule has 0 unspecified atom stereocenters. The van der Waals surface area contributed by atoms with Crippen molar-refractivity contribution in [3.05, 3.63) is 45.6 Å². The minimum Gasteiger partial charge on any atom is -0.365 e. The van der Waals surface area contributed by atoms with Gasteiger partial charge in [-0.2, -0.15) is 4.98 Å². The van der Waals surface area contributed by atoms with Gasteiger partial charge in [-0.05, 0) is 51.8 Å². The lowest BCUT2D eigenvalue weighted by Crippen LogP contribution is -2.27. The first-order chi connectivity index (χ1) is 10.7. The minimum absolute atomic E-state index is 0.0467. The summed E-state index contributed by atoms with van der Waals surface area (Å²) < 4.78 is 0. The van der Waals surface area contributed by atoms with Gasteiger partial charge >= 0.3 is 0 Å². The standard InChI is InChI=1S/C17H22Cl2N4/c1-11-9-15(23-17(2,3)4)22-16(21-11)20-8-7-12-5-6-13(18)10-14(12)19/h5-6,9-10H,7-8H2,1-4H3,(H2,20,21,22,23). The Morgan fingerprint density at radius 1 is 1.09 bits per heavy atom. The first-order valence-corrected chi connectivity index (χ1v) is 8.30. The Labute approximate surface area is 147 Å². The van der Waals surface area contributed by atoms with Gasteiger partial charge in [0, 0.05) is 33.9 Å². The number of hydrogen-bond donors (Lipinski definition) is 2. The molecular weight excluding hydrogens is 331 g/mol. The molecule has 0 spiro atoms. The molecule has 0 aliphatic heterocycles. The third-order valence-corrected chi connectivity index (χ3v) is 3.64. The van der Waals surface area contributed by atoms with Crippen molar-refractivity contribution in [2.45, 2.75) is 39.7 Å². The molecule has 1 aromatic heterocycles. The molecule has 0 saturated heterocycles. The summed E-state index contributed by atoms with van der Waals surface area (Å²) in [5.74, 6) is 1.43. The zero-order chi connectivity index (χ0) is 17.0. The first kappa shape index (κ1) is 17.8. The monoisotopic (exact) mass is 352 g/mol. The van der Waals surface area contributed by atoms with Gasteiger partial charge in [-0.1, -0.05) is 29.3 Å². The van der Waals surface area contributed by atoms with E-state index in [-0.39, 0.29) is 5.54 Å². The number of rotatable bonds is 5. The summed E-state index contributed by atoms with van der Waals surface area (Å²) in [6.07, 6.45) is 0.773. The zero-order valence-corrected chi connectivity index (χ0v) is 15.4. The topological polar surface area (TPSA) is 49.8 Å². The molecule has 6 heteroatoms. The highest BCUT2D eigenvalue weighted by atomic mass is 35.5. The van der Waals surface area contributed by atoms with Crippen LogP contribution in [-0.4, -0.2) is 22.1 Å². The van der Waals surface area contributed by atoms with Crippen LogP contribution in [0.2, 0.25) is 10.0 Å². The number of anilines is 2. The molecule has 0 atom stereocenters. The van der Waals surface area contributed by atoms with E-state index in [0.717, 1.165) is 23.5 Å². The molecular formula is C17H22Cl2N4. The second kappa shape index (κ2) is 7.37. The molecule has 0 aliphatic rings. The van der Waals surface area contributed by atoms with Gasteiger partial charge in [0.15, 0.2) is 0 Å². The summed E-state index contributed by atoms with van der Waals surface area (Å²) in [5.41, 5.74) is 1.91. The van der Waals surface area contributed by atoms with Gasteiger partial charge in [-0.15, -0.1) is 0 Å². The van der Waals surface area contributed by atoms with Crippen LogP contribution in [0, 0.1) is 6.92 Å². The second-order valence-electron chi connectivity index (χ2n) is 6.51. The fourth-order valence-electron chi connectivity index (χ4n) is 2.13. The van der Waals surface area contributed by atoms with Crippen LogP contribution in [0.25, 0.3) is 0 Å². The quantitative estimate of drug-likeness (QED) is 0.798. The number of halogens is 2. The van der Waals surface area contributed by atoms with Crippen molar-refractivity contribution in [1.82, 2.24) is 9.97 Å². The van der Waals surface area contributed by atoms with Crippen LogP contribution < -0.4 is 10.6 Å². The third kappa shape index (κ3) is 5.88. The van der Waals surface area contributed by atoms with E-state index in [1.807, 2.05) is 25.1 Å². The third-order valence-electron chi connectivity index (χ3n) is 3.05. The van der Waals surface area contributed by atoms with Crippen molar-refractivity contribution in [3.8, 4) is 0 Å². The average molecular weight is 353 g/mol. The van der Waals surface area contributed by atoms with Crippen molar-refractivity contribution < 1.29 is 0 Å². The first-order valence-electron chi connectivity index (χ1n) is 7.54.